The third kappa shape index (κ3) is 3.22. The maximum absolute atomic E-state index is 10.8. The van der Waals surface area contributed by atoms with Crippen LogP contribution in [-0.2, 0) is 0 Å². The van der Waals surface area contributed by atoms with Crippen molar-refractivity contribution in [1.82, 2.24) is 9.97 Å². The van der Waals surface area contributed by atoms with Gasteiger partial charge in [-0.15, -0.1) is 0 Å². The summed E-state index contributed by atoms with van der Waals surface area (Å²) in [4.78, 5) is 11.1. The van der Waals surface area contributed by atoms with Crippen molar-refractivity contribution in [2.45, 2.75) is 18.9 Å². The highest BCUT2D eigenvalue weighted by molar-refractivity contribution is 5.83. The number of ether oxygens (including phenoxy) is 1. The number of aromatic nitrogens is 2. The van der Waals surface area contributed by atoms with Gasteiger partial charge < -0.3 is 14.7 Å². The molecule has 1 N–H and O–H groups in total. The Morgan fingerprint density at radius 3 is 2.65 bits per heavy atom. The van der Waals surface area contributed by atoms with Gasteiger partial charge in [0.05, 0.1) is 13.2 Å². The Morgan fingerprint density at radius 2 is 1.88 bits per heavy atom. The van der Waals surface area contributed by atoms with Gasteiger partial charge in [0.15, 0.2) is 0 Å². The number of aliphatic hydroxyl groups excluding tert-OH is 1. The number of benzene rings is 1. The third-order valence-electron chi connectivity index (χ3n) is 5.28. The van der Waals surface area contributed by atoms with Crippen LogP contribution < -0.4 is 9.64 Å². The van der Waals surface area contributed by atoms with Crippen LogP contribution in [0.4, 0.5) is 5.82 Å². The quantitative estimate of drug-likeness (QED) is 0.780. The minimum atomic E-state index is -0.551. The van der Waals surface area contributed by atoms with Crippen LogP contribution in [0.1, 0.15) is 24.5 Å². The van der Waals surface area contributed by atoms with Gasteiger partial charge in [0.1, 0.15) is 11.6 Å². The van der Waals surface area contributed by atoms with Crippen LogP contribution in [0.25, 0.3) is 10.8 Å². The van der Waals surface area contributed by atoms with Gasteiger partial charge in [-0.3, -0.25) is 4.98 Å². The Labute approximate surface area is 153 Å². The van der Waals surface area contributed by atoms with Crippen molar-refractivity contribution in [2.75, 3.05) is 25.1 Å². The summed E-state index contributed by atoms with van der Waals surface area (Å²) >= 11 is 0. The van der Waals surface area contributed by atoms with E-state index in [1.807, 2.05) is 12.3 Å². The SMILES string of the molecule is COc1ccncc1C(O)C1CCN(c2cc3ccccc3cn2)CC1. The Bertz CT molecular complexity index is 891. The summed E-state index contributed by atoms with van der Waals surface area (Å²) < 4.78 is 5.37. The van der Waals surface area contributed by atoms with Crippen molar-refractivity contribution in [3.05, 3.63) is 60.6 Å². The molecule has 3 aromatic rings. The van der Waals surface area contributed by atoms with E-state index in [2.05, 4.69) is 39.1 Å². The molecule has 1 atom stereocenters. The maximum Gasteiger partial charge on any atom is 0.129 e. The molecule has 0 bridgehead atoms. The summed E-state index contributed by atoms with van der Waals surface area (Å²) in [5.41, 5.74) is 0.775. The molecule has 1 saturated heterocycles. The summed E-state index contributed by atoms with van der Waals surface area (Å²) in [5, 5.41) is 13.2. The first-order chi connectivity index (χ1) is 12.8. The number of hydrogen-bond acceptors (Lipinski definition) is 5. The Morgan fingerprint density at radius 1 is 1.12 bits per heavy atom. The Balaban J connectivity index is 1.46. The number of pyridine rings is 2. The van der Waals surface area contributed by atoms with Crippen molar-refractivity contribution in [3.8, 4) is 5.75 Å². The van der Waals surface area contributed by atoms with E-state index in [-0.39, 0.29) is 5.92 Å². The number of rotatable bonds is 4. The molecule has 0 radical (unpaired) electrons. The molecular weight excluding hydrogens is 326 g/mol. The third-order valence-corrected chi connectivity index (χ3v) is 5.28. The topological polar surface area (TPSA) is 58.5 Å². The monoisotopic (exact) mass is 349 g/mol. The van der Waals surface area contributed by atoms with Gasteiger partial charge >= 0.3 is 0 Å². The number of anilines is 1. The van der Waals surface area contributed by atoms with Gasteiger partial charge in [0, 0.05) is 42.6 Å². The predicted molar refractivity (Wildman–Crippen MR) is 102 cm³/mol. The van der Waals surface area contributed by atoms with E-state index in [0.29, 0.717) is 5.75 Å². The van der Waals surface area contributed by atoms with Crippen molar-refractivity contribution >= 4 is 16.6 Å². The second-order valence-electron chi connectivity index (χ2n) is 6.78. The fourth-order valence-electron chi connectivity index (χ4n) is 3.75. The van der Waals surface area contributed by atoms with Crippen LogP contribution in [0.15, 0.2) is 55.0 Å². The number of hydrogen-bond donors (Lipinski definition) is 1. The van der Waals surface area contributed by atoms with Crippen molar-refractivity contribution in [1.29, 1.82) is 0 Å². The summed E-state index contributed by atoms with van der Waals surface area (Å²) in [7, 11) is 1.62. The first-order valence-corrected chi connectivity index (χ1v) is 9.02. The normalized spacial score (nSPS) is 16.6. The van der Waals surface area contributed by atoms with Crippen molar-refractivity contribution in [3.63, 3.8) is 0 Å². The second-order valence-corrected chi connectivity index (χ2v) is 6.78. The Kier molecular flexibility index (Phi) is 4.71. The largest absolute Gasteiger partial charge is 0.496 e. The molecule has 0 spiro atoms. The molecule has 0 aliphatic carbocycles. The molecular formula is C21H23N3O2. The van der Waals surface area contributed by atoms with Crippen LogP contribution >= 0.6 is 0 Å². The first kappa shape index (κ1) is 16.8. The lowest BCUT2D eigenvalue weighted by molar-refractivity contribution is 0.0900. The van der Waals surface area contributed by atoms with Crippen molar-refractivity contribution in [2.24, 2.45) is 5.92 Å². The van der Waals surface area contributed by atoms with Gasteiger partial charge in [0.25, 0.3) is 0 Å². The fourth-order valence-corrected chi connectivity index (χ4v) is 3.75. The minimum absolute atomic E-state index is 0.199. The molecule has 134 valence electrons. The molecule has 26 heavy (non-hydrogen) atoms. The lowest BCUT2D eigenvalue weighted by Crippen LogP contribution is -2.36. The highest BCUT2D eigenvalue weighted by Crippen LogP contribution is 2.35. The van der Waals surface area contributed by atoms with E-state index in [1.54, 1.807) is 25.6 Å². The average molecular weight is 349 g/mol. The maximum atomic E-state index is 10.8. The zero-order valence-corrected chi connectivity index (χ0v) is 14.9. The van der Waals surface area contributed by atoms with Crippen LogP contribution in [0, 0.1) is 5.92 Å². The second kappa shape index (κ2) is 7.30. The van der Waals surface area contributed by atoms with Gasteiger partial charge in [0.2, 0.25) is 0 Å². The molecule has 1 fully saturated rings. The average Bonchev–Trinajstić information content (AvgIpc) is 2.73. The van der Waals surface area contributed by atoms with E-state index < -0.39 is 6.10 Å². The van der Waals surface area contributed by atoms with Gasteiger partial charge in [-0.1, -0.05) is 24.3 Å². The van der Waals surface area contributed by atoms with E-state index in [1.165, 1.54) is 5.39 Å². The minimum Gasteiger partial charge on any atom is -0.496 e. The molecule has 1 aromatic carbocycles. The molecule has 0 amide bonds. The fraction of sp³-hybridized carbons (Fsp3) is 0.333. The molecule has 1 aliphatic rings. The van der Waals surface area contributed by atoms with E-state index in [4.69, 9.17) is 4.74 Å². The van der Waals surface area contributed by atoms with Crippen LogP contribution in [-0.4, -0.2) is 35.3 Å². The number of methoxy groups -OCH3 is 1. The molecule has 1 unspecified atom stereocenters. The number of nitrogens with zero attached hydrogens (tertiary/aromatic N) is 3. The molecule has 0 saturated carbocycles. The van der Waals surface area contributed by atoms with E-state index in [9.17, 15) is 5.11 Å². The zero-order valence-electron chi connectivity index (χ0n) is 14.9. The smallest absolute Gasteiger partial charge is 0.129 e. The summed E-state index contributed by atoms with van der Waals surface area (Å²) in [6.07, 6.45) is 6.60. The summed E-state index contributed by atoms with van der Waals surface area (Å²) in [6, 6.07) is 12.2. The zero-order chi connectivity index (χ0) is 17.9. The molecule has 3 heterocycles. The number of piperidine rings is 1. The van der Waals surface area contributed by atoms with Crippen molar-refractivity contribution < 1.29 is 9.84 Å². The van der Waals surface area contributed by atoms with Gasteiger partial charge in [-0.25, -0.2) is 4.98 Å². The molecule has 2 aromatic heterocycles. The molecule has 5 heteroatoms. The Hall–Kier alpha value is -2.66. The van der Waals surface area contributed by atoms with Crippen LogP contribution in [0.2, 0.25) is 0 Å². The number of fused-ring (bicyclic) bond motifs is 1. The standard InChI is InChI=1S/C21H23N3O2/c1-26-19-6-9-22-14-18(19)21(25)15-7-10-24(11-8-15)20-12-16-4-2-3-5-17(16)13-23-20/h2-6,9,12-15,21,25H,7-8,10-11H2,1H3. The molecule has 1 aliphatic heterocycles. The lowest BCUT2D eigenvalue weighted by Gasteiger charge is -2.35. The van der Waals surface area contributed by atoms with E-state index >= 15 is 0 Å². The predicted octanol–water partition coefficient (Wildman–Crippen LogP) is 3.59. The molecule has 5 nitrogen and oxygen atoms in total. The van der Waals surface area contributed by atoms with Crippen LogP contribution in [0.5, 0.6) is 5.75 Å². The summed E-state index contributed by atoms with van der Waals surface area (Å²) in [6.45, 7) is 1.77. The van der Waals surface area contributed by atoms with Crippen LogP contribution in [0.3, 0.4) is 0 Å². The summed E-state index contributed by atoms with van der Waals surface area (Å²) in [5.74, 6) is 1.91. The highest BCUT2D eigenvalue weighted by atomic mass is 16.5. The number of aliphatic hydroxyl groups is 1. The lowest BCUT2D eigenvalue weighted by atomic mass is 9.87. The van der Waals surface area contributed by atoms with E-state index in [0.717, 1.165) is 42.7 Å². The highest BCUT2D eigenvalue weighted by Gasteiger charge is 2.28. The van der Waals surface area contributed by atoms with Gasteiger partial charge in [-0.2, -0.15) is 0 Å². The molecule has 4 rings (SSSR count). The van der Waals surface area contributed by atoms with Gasteiger partial charge in [-0.05, 0) is 36.3 Å². The first-order valence-electron chi connectivity index (χ1n) is 9.02.